The van der Waals surface area contributed by atoms with Crippen LogP contribution in [0.3, 0.4) is 0 Å². The van der Waals surface area contributed by atoms with Gasteiger partial charge in [-0.05, 0) is 85.1 Å². The van der Waals surface area contributed by atoms with Crippen LogP contribution in [0.4, 0.5) is 4.79 Å². The molecule has 0 saturated heterocycles. The van der Waals surface area contributed by atoms with E-state index < -0.39 is 39.6 Å². The van der Waals surface area contributed by atoms with E-state index in [4.69, 9.17) is 14.2 Å². The second-order valence-corrected chi connectivity index (χ2v) is 19.5. The summed E-state index contributed by atoms with van der Waals surface area (Å²) in [7, 11) is -2.12. The van der Waals surface area contributed by atoms with E-state index >= 15 is 8.42 Å². The Kier molecular flexibility index (Phi) is 13.0. The van der Waals surface area contributed by atoms with Crippen LogP contribution in [0.25, 0.3) is 0 Å². The highest BCUT2D eigenvalue weighted by Gasteiger charge is 2.67. The molecule has 10 heteroatoms. The van der Waals surface area contributed by atoms with Crippen molar-refractivity contribution in [1.82, 2.24) is 9.21 Å². The summed E-state index contributed by atoms with van der Waals surface area (Å²) in [6, 6.07) is 25.6. The largest absolute Gasteiger partial charge is 0.497 e. The van der Waals surface area contributed by atoms with Crippen molar-refractivity contribution in [2.24, 2.45) is 16.7 Å². The fourth-order valence-corrected chi connectivity index (χ4v) is 13.6. The van der Waals surface area contributed by atoms with Gasteiger partial charge in [0.25, 0.3) is 0 Å². The average Bonchev–Trinajstić information content (AvgIpc) is 3.58. The fraction of sp³-hybridized carbons (Fsp3) is 0.574. The van der Waals surface area contributed by atoms with Gasteiger partial charge in [-0.2, -0.15) is 4.31 Å². The van der Waals surface area contributed by atoms with Gasteiger partial charge in [0, 0.05) is 30.5 Å². The van der Waals surface area contributed by atoms with E-state index in [1.807, 2.05) is 89.2 Å². The summed E-state index contributed by atoms with van der Waals surface area (Å²) in [5, 5.41) is 0. The Hall–Kier alpha value is -3.89. The van der Waals surface area contributed by atoms with Crippen LogP contribution in [0.1, 0.15) is 114 Å². The first-order valence-electron chi connectivity index (χ1n) is 21.4. The van der Waals surface area contributed by atoms with E-state index in [1.165, 1.54) is 4.90 Å². The van der Waals surface area contributed by atoms with Crippen LogP contribution in [0, 0.1) is 16.7 Å². The molecule has 4 atom stereocenters. The van der Waals surface area contributed by atoms with Gasteiger partial charge in [-0.3, -0.25) is 4.90 Å². The van der Waals surface area contributed by atoms with Gasteiger partial charge in [-0.15, -0.1) is 0 Å². The number of carbonyl (C=O) groups excluding carboxylic acids is 2. The van der Waals surface area contributed by atoms with Gasteiger partial charge in [0.2, 0.25) is 10.0 Å². The van der Waals surface area contributed by atoms with Crippen LogP contribution < -0.4 is 4.74 Å². The topological polar surface area (TPSA) is 102 Å². The number of hydrogen-bond acceptors (Lipinski definition) is 7. The van der Waals surface area contributed by atoms with Crippen molar-refractivity contribution >= 4 is 22.1 Å². The van der Waals surface area contributed by atoms with E-state index in [2.05, 4.69) is 13.8 Å². The third-order valence-electron chi connectivity index (χ3n) is 14.1. The normalized spacial score (nSPS) is 24.2. The average molecular weight is 799 g/mol. The van der Waals surface area contributed by atoms with Crippen LogP contribution in [-0.4, -0.2) is 66.8 Å². The minimum absolute atomic E-state index is 0.0214. The number of carbonyl (C=O) groups is 2. The van der Waals surface area contributed by atoms with Crippen molar-refractivity contribution in [3.8, 4) is 5.75 Å². The van der Waals surface area contributed by atoms with Crippen molar-refractivity contribution in [3.63, 3.8) is 0 Å². The van der Waals surface area contributed by atoms with E-state index in [0.717, 1.165) is 87.3 Å². The van der Waals surface area contributed by atoms with E-state index in [-0.39, 0.29) is 48.7 Å². The van der Waals surface area contributed by atoms with Crippen LogP contribution in [0.2, 0.25) is 0 Å². The Bertz CT molecular complexity index is 1870. The Labute approximate surface area is 340 Å². The smallest absolute Gasteiger partial charge is 0.411 e. The summed E-state index contributed by atoms with van der Waals surface area (Å²) in [5.74, 6) is 0.349. The van der Waals surface area contributed by atoms with Crippen LogP contribution in [-0.2, 0) is 43.9 Å². The van der Waals surface area contributed by atoms with Gasteiger partial charge in [-0.25, -0.2) is 18.0 Å². The molecule has 0 N–H and O–H groups in total. The number of amides is 1. The first kappa shape index (κ1) is 41.3. The summed E-state index contributed by atoms with van der Waals surface area (Å²) < 4.78 is 50.2. The molecule has 0 aliphatic heterocycles. The molecule has 4 fully saturated rings. The third-order valence-corrected chi connectivity index (χ3v) is 16.2. The number of fused-ring (bicyclic) bond motifs is 2. The molecule has 308 valence electrons. The molecule has 9 nitrogen and oxygen atoms in total. The highest BCUT2D eigenvalue weighted by Crippen LogP contribution is 2.67. The molecule has 0 aromatic heterocycles. The van der Waals surface area contributed by atoms with E-state index in [9.17, 15) is 9.59 Å². The highest BCUT2D eigenvalue weighted by molar-refractivity contribution is 7.89. The van der Waals surface area contributed by atoms with Gasteiger partial charge in [-0.1, -0.05) is 125 Å². The lowest BCUT2D eigenvalue weighted by atomic mass is 9.69. The van der Waals surface area contributed by atoms with Crippen molar-refractivity contribution in [1.29, 1.82) is 0 Å². The minimum Gasteiger partial charge on any atom is -0.497 e. The molecule has 4 aliphatic carbocycles. The van der Waals surface area contributed by atoms with Gasteiger partial charge >= 0.3 is 12.1 Å². The lowest BCUT2D eigenvalue weighted by Gasteiger charge is -2.46. The van der Waals surface area contributed by atoms with E-state index in [0.29, 0.717) is 18.6 Å². The molecule has 7 rings (SSSR count). The molecule has 3 aromatic rings. The summed E-state index contributed by atoms with van der Waals surface area (Å²) in [6.45, 7) is 4.53. The predicted molar refractivity (Wildman–Crippen MR) is 222 cm³/mol. The lowest BCUT2D eigenvalue weighted by molar-refractivity contribution is -0.162. The monoisotopic (exact) mass is 798 g/mol. The van der Waals surface area contributed by atoms with E-state index in [1.54, 1.807) is 7.11 Å². The Morgan fingerprint density at radius 1 is 0.754 bits per heavy atom. The molecule has 57 heavy (non-hydrogen) atoms. The molecule has 0 unspecified atom stereocenters. The van der Waals surface area contributed by atoms with Crippen LogP contribution in [0.15, 0.2) is 84.9 Å². The zero-order valence-electron chi connectivity index (χ0n) is 34.2. The Morgan fingerprint density at radius 2 is 1.33 bits per heavy atom. The highest BCUT2D eigenvalue weighted by atomic mass is 32.2. The Balaban J connectivity index is 1.20. The molecule has 0 radical (unpaired) electrons. The maximum atomic E-state index is 15.1. The predicted octanol–water partition coefficient (Wildman–Crippen LogP) is 9.48. The number of nitrogens with zero attached hydrogens (tertiary/aromatic N) is 2. The summed E-state index contributed by atoms with van der Waals surface area (Å²) in [6.07, 6.45) is 11.4. The number of ether oxygens (including phenoxy) is 3. The van der Waals surface area contributed by atoms with Gasteiger partial charge in [0.15, 0.2) is 0 Å². The molecule has 4 saturated carbocycles. The quantitative estimate of drug-likeness (QED) is 0.141. The number of sulfonamides is 1. The first-order chi connectivity index (χ1) is 27.5. The van der Waals surface area contributed by atoms with Gasteiger partial charge in [0.05, 0.1) is 12.9 Å². The number of esters is 1. The fourth-order valence-electron chi connectivity index (χ4n) is 10.7. The van der Waals surface area contributed by atoms with Gasteiger partial charge in [0.1, 0.15) is 24.5 Å². The maximum Gasteiger partial charge on any atom is 0.411 e. The molecular formula is C47H62N2O7S. The number of benzene rings is 3. The summed E-state index contributed by atoms with van der Waals surface area (Å²) in [5.41, 5.74) is 1.39. The molecular weight excluding hydrogens is 737 g/mol. The number of hydrogen-bond donors (Lipinski definition) is 0. The van der Waals surface area contributed by atoms with Crippen LogP contribution >= 0.6 is 0 Å². The molecule has 3 aromatic carbocycles. The lowest BCUT2D eigenvalue weighted by Crippen LogP contribution is -2.55. The molecule has 0 spiro atoms. The second kappa shape index (κ2) is 17.9. The van der Waals surface area contributed by atoms with Crippen molar-refractivity contribution in [3.05, 3.63) is 102 Å². The standard InChI is InChI=1S/C47H62N2O7S/c1-46(2)38-28-29-47(46,34-57(52,53)49(39-20-12-6-13-21-39)40-22-14-7-15-23-40)43(31-38)56-44(50)42(30-35-16-8-4-9-17-35)48(32-36-24-26-41(54-3)27-25-36)45(51)55-33-37-18-10-5-11-19-37/h4-5,8-11,16-19,24-27,38-40,42-43H,6-7,12-15,20-23,28-34H2,1-3H3/t38-,42-,43-,47-/m0/s1. The second-order valence-electron chi connectivity index (χ2n) is 17.7. The van der Waals surface area contributed by atoms with Crippen LogP contribution in [0.5, 0.6) is 5.75 Å². The van der Waals surface area contributed by atoms with Gasteiger partial charge < -0.3 is 14.2 Å². The summed E-state index contributed by atoms with van der Waals surface area (Å²) >= 11 is 0. The summed E-state index contributed by atoms with van der Waals surface area (Å²) in [4.78, 5) is 30.7. The molecule has 2 bridgehead atoms. The third kappa shape index (κ3) is 9.07. The SMILES string of the molecule is COc1ccc(CN(C(=O)OCc2ccccc2)[C@@H](Cc2ccccc2)C(=O)O[C@H]2C[C@@H]3CC[C@@]2(CS(=O)(=O)N(C2CCCCC2)C2CCCCC2)C3(C)C)cc1. The van der Waals surface area contributed by atoms with Crippen molar-refractivity contribution in [2.45, 2.75) is 141 Å². The molecule has 4 aliphatic rings. The minimum atomic E-state index is -3.72. The maximum absolute atomic E-state index is 15.1. The zero-order chi connectivity index (χ0) is 40.0. The number of methoxy groups -OCH3 is 1. The van der Waals surface area contributed by atoms with Crippen molar-refractivity contribution < 1.29 is 32.2 Å². The Morgan fingerprint density at radius 3 is 1.89 bits per heavy atom. The number of rotatable bonds is 15. The van der Waals surface area contributed by atoms with Crippen molar-refractivity contribution in [2.75, 3.05) is 12.9 Å². The molecule has 0 heterocycles. The zero-order valence-corrected chi connectivity index (χ0v) is 35.0. The first-order valence-corrected chi connectivity index (χ1v) is 23.0. The molecule has 1 amide bonds.